The van der Waals surface area contributed by atoms with Crippen molar-refractivity contribution in [1.29, 1.82) is 0 Å². The number of fused-ring (bicyclic) bond motifs is 10. The Bertz CT molecular complexity index is 3980. The number of halogens is 2. The van der Waals surface area contributed by atoms with Gasteiger partial charge >= 0.3 is 0 Å². The molecule has 2 N–H and O–H groups in total. The molecule has 6 fully saturated rings. The van der Waals surface area contributed by atoms with Gasteiger partial charge in [-0.3, -0.25) is 29.2 Å². The third kappa shape index (κ3) is 15.9. The fourth-order valence-electron chi connectivity index (χ4n) is 21.4. The summed E-state index contributed by atoms with van der Waals surface area (Å²) in [6.07, 6.45) is 30.8. The molecular formula is C86H118Cl2N8O10S2. The molecular weight excluding hydrogens is 1440 g/mol. The van der Waals surface area contributed by atoms with Crippen LogP contribution in [0.1, 0.15) is 186 Å². The molecule has 12 aliphatic rings. The van der Waals surface area contributed by atoms with Crippen LogP contribution >= 0.6 is 23.2 Å². The zero-order valence-electron chi connectivity index (χ0n) is 64.8. The second-order valence-corrected chi connectivity index (χ2v) is 39.9. The number of carbonyl (C=O) groups is 2. The van der Waals surface area contributed by atoms with E-state index in [1.165, 1.54) is 86.7 Å². The van der Waals surface area contributed by atoms with Crippen molar-refractivity contribution >= 4 is 66.4 Å². The number of sulfonamides is 2. The zero-order chi connectivity index (χ0) is 75.3. The number of benzene rings is 4. The van der Waals surface area contributed by atoms with Gasteiger partial charge in [-0.05, 0) is 248 Å². The third-order valence-electron chi connectivity index (χ3n) is 28.5. The van der Waals surface area contributed by atoms with Crippen molar-refractivity contribution in [3.63, 3.8) is 0 Å². The molecule has 2 spiro atoms. The number of nitrogens with one attached hydrogen (secondary N) is 2. The van der Waals surface area contributed by atoms with Crippen molar-refractivity contribution in [3.8, 4) is 11.5 Å². The molecule has 2 saturated carbocycles. The number of methoxy groups -OCH3 is 2. The van der Waals surface area contributed by atoms with Crippen molar-refractivity contribution in [1.82, 2.24) is 29.0 Å². The Morgan fingerprint density at radius 2 is 0.935 bits per heavy atom. The molecule has 16 rings (SSSR count). The number of rotatable bonds is 6. The number of amides is 2. The summed E-state index contributed by atoms with van der Waals surface area (Å²) in [5.74, 6) is 1.10. The van der Waals surface area contributed by atoms with E-state index in [9.17, 15) is 26.4 Å². The van der Waals surface area contributed by atoms with Gasteiger partial charge in [-0.1, -0.05) is 99.2 Å². The van der Waals surface area contributed by atoms with Gasteiger partial charge in [-0.25, -0.2) is 26.3 Å². The van der Waals surface area contributed by atoms with Crippen LogP contribution in [0.25, 0.3) is 0 Å². The lowest BCUT2D eigenvalue weighted by molar-refractivity contribution is -0.0988. The molecule has 4 aromatic rings. The van der Waals surface area contributed by atoms with Crippen LogP contribution < -0.4 is 28.7 Å². The molecule has 8 heterocycles. The SMILES string of the molecule is CO[C@]1(CN2CCN3CCCCC[C@@H]3C2)/C=C/C[C@H](C)[C@@H](C)S(=O)(=O)NC(=O)c2ccc3c(c2)N(C[C@@H]2CC[C@H]21)C[C@@]1(CCCc2cc(Cl)ccc21)CO3.CO[C@]1(CN2CCN3CCCCC[C@H]3C2)/C=C/C[C@H](C)[C@@H](C)S(=O)(=O)NC(=O)c2ccc3c(c2)N(C[C@@H]2CC[C@H]21)C[C@@]1(CCCc2cc(Cl)ccc21)CO3. The van der Waals surface area contributed by atoms with E-state index in [2.05, 4.69) is 87.4 Å². The van der Waals surface area contributed by atoms with Crippen molar-refractivity contribution in [2.45, 2.75) is 201 Å². The van der Waals surface area contributed by atoms with E-state index in [-0.39, 0.29) is 34.5 Å². The van der Waals surface area contributed by atoms with Crippen molar-refractivity contribution in [2.24, 2.45) is 35.5 Å². The number of nitrogens with zero attached hydrogens (tertiary/aromatic N) is 6. The Hall–Kier alpha value is -5.26. The highest BCUT2D eigenvalue weighted by Crippen LogP contribution is 2.53. The summed E-state index contributed by atoms with van der Waals surface area (Å²) >= 11 is 13.0. The lowest BCUT2D eigenvalue weighted by Crippen LogP contribution is -2.60. The predicted octanol–water partition coefficient (Wildman–Crippen LogP) is 13.7. The van der Waals surface area contributed by atoms with E-state index in [4.69, 9.17) is 42.1 Å². The minimum Gasteiger partial charge on any atom is -0.490 e. The van der Waals surface area contributed by atoms with E-state index >= 15 is 0 Å². The molecule has 0 unspecified atom stereocenters. The monoisotopic (exact) mass is 1560 g/mol. The summed E-state index contributed by atoms with van der Waals surface area (Å²) in [5.41, 5.74) is 5.94. The quantitative estimate of drug-likeness (QED) is 0.174. The molecule has 4 aromatic carbocycles. The number of hydrogen-bond acceptors (Lipinski definition) is 16. The van der Waals surface area contributed by atoms with E-state index in [1.54, 1.807) is 26.0 Å². The molecule has 108 heavy (non-hydrogen) atoms. The zero-order valence-corrected chi connectivity index (χ0v) is 67.9. The number of allylic oxidation sites excluding steroid dienone is 2. The molecule has 18 nitrogen and oxygen atoms in total. The van der Waals surface area contributed by atoms with Crippen LogP contribution in [0, 0.1) is 35.5 Å². The van der Waals surface area contributed by atoms with Crippen molar-refractivity contribution in [3.05, 3.63) is 141 Å². The van der Waals surface area contributed by atoms with Crippen LogP contribution in [0.3, 0.4) is 0 Å². The number of piperazine rings is 2. The van der Waals surface area contributed by atoms with Gasteiger partial charge < -0.3 is 28.7 Å². The molecule has 0 aromatic heterocycles. The second kappa shape index (κ2) is 32.3. The van der Waals surface area contributed by atoms with E-state index in [0.29, 0.717) is 61.1 Å². The van der Waals surface area contributed by atoms with Gasteiger partial charge in [-0.2, -0.15) is 0 Å². The Morgan fingerprint density at radius 1 is 0.500 bits per heavy atom. The Morgan fingerprint density at radius 3 is 1.34 bits per heavy atom. The number of hydrogen-bond donors (Lipinski definition) is 2. The van der Waals surface area contributed by atoms with Gasteiger partial charge in [0.25, 0.3) is 11.8 Å². The first-order valence-electron chi connectivity index (χ1n) is 41.1. The highest BCUT2D eigenvalue weighted by atomic mass is 35.5. The smallest absolute Gasteiger partial charge is 0.264 e. The highest BCUT2D eigenvalue weighted by molar-refractivity contribution is 7.91. The Labute approximate surface area is 653 Å². The molecule has 588 valence electrons. The normalized spacial score (nSPS) is 35.2. The molecule has 4 aliphatic carbocycles. The number of anilines is 2. The first kappa shape index (κ1) is 78.0. The summed E-state index contributed by atoms with van der Waals surface area (Å²) in [7, 11) is -4.14. The molecule has 0 radical (unpaired) electrons. The fraction of sp³-hybridized carbons (Fsp3) is 0.651. The predicted molar refractivity (Wildman–Crippen MR) is 430 cm³/mol. The summed E-state index contributed by atoms with van der Waals surface area (Å²) in [6.45, 7) is 21.9. The van der Waals surface area contributed by atoms with E-state index in [1.807, 2.05) is 64.5 Å². The van der Waals surface area contributed by atoms with Gasteiger partial charge in [0.2, 0.25) is 20.0 Å². The maximum absolute atomic E-state index is 13.7. The minimum absolute atomic E-state index is 0.207. The van der Waals surface area contributed by atoms with Gasteiger partial charge in [0.1, 0.15) is 22.7 Å². The first-order chi connectivity index (χ1) is 52.0. The van der Waals surface area contributed by atoms with Gasteiger partial charge in [0.05, 0.1) is 35.1 Å². The summed E-state index contributed by atoms with van der Waals surface area (Å²) < 4.78 is 86.5. The third-order valence-corrected chi connectivity index (χ3v) is 32.8. The lowest BCUT2D eigenvalue weighted by atomic mass is 9.63. The topological polar surface area (TPSA) is 183 Å². The Kier molecular flexibility index (Phi) is 23.4. The highest BCUT2D eigenvalue weighted by Gasteiger charge is 2.53. The first-order valence-corrected chi connectivity index (χ1v) is 44.9. The number of ether oxygens (including phenoxy) is 4. The fourth-order valence-corrected chi connectivity index (χ4v) is 24.4. The van der Waals surface area contributed by atoms with Gasteiger partial charge in [0, 0.05) is 137 Å². The van der Waals surface area contributed by atoms with Gasteiger partial charge in [0.15, 0.2) is 0 Å². The standard InChI is InChI=1S/2C43H59ClN4O5S/c2*1-30-9-7-19-43(52-3,28-46-21-22-47-20-6-4-5-11-36(47)26-46)38-15-12-34(38)25-48-27-42(18-8-10-32-23-35(44)14-16-37(32)42)29-53-40-17-13-33(24-39(40)48)41(49)45-54(50,51)31(30)2/h2*7,13-14,16-17,19,23-24,30-31,34,36,38H,4-6,8-12,15,18,20-22,25-29H2,1-3H3,(H,45,49)/b2*19-7+/t30-,31+,34-,36+,38+,42-,43-;30-,31+,34-,36-,38+,42-,43-/m00/s1. The van der Waals surface area contributed by atoms with E-state index in [0.717, 1.165) is 176 Å². The van der Waals surface area contributed by atoms with Crippen LogP contribution in [-0.4, -0.2) is 201 Å². The maximum Gasteiger partial charge on any atom is 0.264 e. The van der Waals surface area contributed by atoms with Crippen LogP contribution in [0.5, 0.6) is 11.5 Å². The molecule has 2 amide bonds. The summed E-state index contributed by atoms with van der Waals surface area (Å²) in [6, 6.07) is 24.6. The minimum atomic E-state index is -3.95. The second-order valence-electron chi connectivity index (χ2n) is 34.9. The maximum atomic E-state index is 13.7. The van der Waals surface area contributed by atoms with Crippen molar-refractivity contribution < 1.29 is 45.4 Å². The summed E-state index contributed by atoms with van der Waals surface area (Å²) in [4.78, 5) is 43.0. The number of aryl methyl sites for hydroxylation is 2. The van der Waals surface area contributed by atoms with Crippen LogP contribution in [0.2, 0.25) is 10.0 Å². The van der Waals surface area contributed by atoms with Crippen molar-refractivity contribution in [2.75, 3.05) is 129 Å². The Balaban J connectivity index is 0.000000172. The molecule has 8 aliphatic heterocycles. The largest absolute Gasteiger partial charge is 0.490 e. The molecule has 14 atom stereocenters. The summed E-state index contributed by atoms with van der Waals surface area (Å²) in [5, 5.41) is -0.0263. The van der Waals surface area contributed by atoms with Crippen LogP contribution in [-0.2, 0) is 53.2 Å². The van der Waals surface area contributed by atoms with Gasteiger partial charge in [-0.15, -0.1) is 0 Å². The molecule has 4 saturated heterocycles. The average Bonchev–Trinajstić information content (AvgIpc) is 1.41. The van der Waals surface area contributed by atoms with Crippen LogP contribution in [0.15, 0.2) is 97.1 Å². The van der Waals surface area contributed by atoms with Crippen LogP contribution in [0.4, 0.5) is 11.4 Å². The van der Waals surface area contributed by atoms with E-state index < -0.39 is 53.6 Å². The molecule has 4 bridgehead atoms. The lowest BCUT2D eigenvalue weighted by Gasteiger charge is -2.53. The molecule has 22 heteroatoms. The average molecular weight is 1560 g/mol. The number of carbonyl (C=O) groups excluding carboxylic acids is 2.